The molecule has 4 aromatic rings. The lowest BCUT2D eigenvalue weighted by atomic mass is 10.1. The van der Waals surface area contributed by atoms with Crippen molar-refractivity contribution in [2.24, 2.45) is 5.10 Å². The molecule has 2 N–H and O–H groups in total. The summed E-state index contributed by atoms with van der Waals surface area (Å²) in [5.41, 5.74) is 6.40. The Balaban J connectivity index is 1.33. The van der Waals surface area contributed by atoms with E-state index in [4.69, 9.17) is 9.47 Å². The van der Waals surface area contributed by atoms with E-state index in [1.54, 1.807) is 60.7 Å². The molecule has 0 aliphatic carbocycles. The van der Waals surface area contributed by atoms with E-state index in [0.717, 1.165) is 11.1 Å². The van der Waals surface area contributed by atoms with Gasteiger partial charge >= 0.3 is 5.97 Å². The maximum Gasteiger partial charge on any atom is 0.343 e. The third-order valence-electron chi connectivity index (χ3n) is 5.74. The minimum Gasteiger partial charge on any atom is -0.490 e. The predicted octanol–water partition coefficient (Wildman–Crippen LogP) is 5.56. The molecule has 0 aromatic heterocycles. The lowest BCUT2D eigenvalue weighted by molar-refractivity contribution is -0.115. The lowest BCUT2D eigenvalue weighted by Gasteiger charge is -2.11. The molecule has 40 heavy (non-hydrogen) atoms. The first-order chi connectivity index (χ1) is 19.4. The van der Waals surface area contributed by atoms with Crippen molar-refractivity contribution in [3.8, 4) is 11.5 Å². The number of benzene rings is 4. The number of nitrogens with one attached hydrogen (secondary N) is 2. The Morgan fingerprint density at radius 3 is 2.33 bits per heavy atom. The fourth-order valence-corrected chi connectivity index (χ4v) is 3.81. The van der Waals surface area contributed by atoms with Crippen LogP contribution in [0.1, 0.15) is 44.3 Å². The van der Waals surface area contributed by atoms with Gasteiger partial charge < -0.3 is 14.8 Å². The molecule has 0 aliphatic rings. The molecule has 0 fully saturated rings. The molecular weight excluding hydrogens is 506 g/mol. The third-order valence-corrected chi connectivity index (χ3v) is 5.74. The van der Waals surface area contributed by atoms with Crippen molar-refractivity contribution in [1.82, 2.24) is 5.43 Å². The summed E-state index contributed by atoms with van der Waals surface area (Å²) in [5.74, 6) is -0.378. The van der Waals surface area contributed by atoms with Gasteiger partial charge in [0.05, 0.1) is 24.8 Å². The largest absolute Gasteiger partial charge is 0.490 e. The van der Waals surface area contributed by atoms with Crippen LogP contribution in [0.2, 0.25) is 0 Å². The molecule has 0 saturated heterocycles. The van der Waals surface area contributed by atoms with Crippen LogP contribution in [-0.4, -0.2) is 30.6 Å². The SMILES string of the molecule is CCOc1cc(/C=N\NC(=O)c2ccc(NC(=O)Cc3ccccc3)cc2)ccc1OC(=O)c1cccc(C)c1. The molecule has 4 rings (SSSR count). The van der Waals surface area contributed by atoms with Crippen molar-refractivity contribution in [2.45, 2.75) is 20.3 Å². The highest BCUT2D eigenvalue weighted by Crippen LogP contribution is 2.29. The zero-order valence-electron chi connectivity index (χ0n) is 22.2. The summed E-state index contributed by atoms with van der Waals surface area (Å²) in [5, 5.41) is 6.85. The first kappa shape index (κ1) is 27.8. The number of carbonyl (C=O) groups is 3. The van der Waals surface area contributed by atoms with Crippen molar-refractivity contribution >= 4 is 29.7 Å². The number of nitrogens with zero attached hydrogens (tertiary/aromatic N) is 1. The Hall–Kier alpha value is -5.24. The van der Waals surface area contributed by atoms with E-state index in [2.05, 4.69) is 15.8 Å². The Bertz CT molecular complexity index is 1520. The van der Waals surface area contributed by atoms with Gasteiger partial charge in [0.15, 0.2) is 11.5 Å². The molecule has 0 aliphatic heterocycles. The van der Waals surface area contributed by atoms with Crippen LogP contribution in [0.15, 0.2) is 102 Å². The second kappa shape index (κ2) is 13.5. The fourth-order valence-electron chi connectivity index (χ4n) is 3.81. The smallest absolute Gasteiger partial charge is 0.343 e. The van der Waals surface area contributed by atoms with Gasteiger partial charge in [-0.05, 0) is 79.6 Å². The van der Waals surface area contributed by atoms with Crippen molar-refractivity contribution < 1.29 is 23.9 Å². The van der Waals surface area contributed by atoms with Gasteiger partial charge in [-0.25, -0.2) is 10.2 Å². The number of hydrogen-bond donors (Lipinski definition) is 2. The van der Waals surface area contributed by atoms with E-state index in [1.165, 1.54) is 6.21 Å². The highest BCUT2D eigenvalue weighted by atomic mass is 16.6. The number of hydrogen-bond acceptors (Lipinski definition) is 6. The van der Waals surface area contributed by atoms with Crippen LogP contribution in [0.3, 0.4) is 0 Å². The van der Waals surface area contributed by atoms with E-state index in [1.807, 2.05) is 50.2 Å². The predicted molar refractivity (Wildman–Crippen MR) is 154 cm³/mol. The quantitative estimate of drug-likeness (QED) is 0.120. The molecule has 0 radical (unpaired) electrons. The number of aryl methyl sites for hydroxylation is 1. The van der Waals surface area contributed by atoms with Crippen LogP contribution >= 0.6 is 0 Å². The molecule has 0 atom stereocenters. The van der Waals surface area contributed by atoms with Crippen molar-refractivity contribution in [2.75, 3.05) is 11.9 Å². The molecule has 0 saturated carbocycles. The van der Waals surface area contributed by atoms with Gasteiger partial charge in [-0.1, -0.05) is 48.0 Å². The highest BCUT2D eigenvalue weighted by Gasteiger charge is 2.13. The summed E-state index contributed by atoms with van der Waals surface area (Å²) in [4.78, 5) is 37.3. The van der Waals surface area contributed by atoms with Crippen molar-refractivity contribution in [1.29, 1.82) is 0 Å². The van der Waals surface area contributed by atoms with Crippen LogP contribution < -0.4 is 20.2 Å². The van der Waals surface area contributed by atoms with Gasteiger partial charge in [-0.2, -0.15) is 5.10 Å². The molecule has 202 valence electrons. The van der Waals surface area contributed by atoms with Gasteiger partial charge in [-0.15, -0.1) is 0 Å². The second-order valence-electron chi connectivity index (χ2n) is 8.89. The minimum atomic E-state index is -0.486. The minimum absolute atomic E-state index is 0.143. The van der Waals surface area contributed by atoms with Crippen LogP contribution in [-0.2, 0) is 11.2 Å². The normalized spacial score (nSPS) is 10.7. The monoisotopic (exact) mass is 535 g/mol. The van der Waals surface area contributed by atoms with Gasteiger partial charge in [0.1, 0.15) is 0 Å². The summed E-state index contributed by atoms with van der Waals surface area (Å²) >= 11 is 0. The summed E-state index contributed by atoms with van der Waals surface area (Å²) in [6.45, 7) is 4.10. The van der Waals surface area contributed by atoms with E-state index in [-0.39, 0.29) is 18.1 Å². The van der Waals surface area contributed by atoms with Crippen LogP contribution in [0.25, 0.3) is 0 Å². The first-order valence-corrected chi connectivity index (χ1v) is 12.7. The fraction of sp³-hybridized carbons (Fsp3) is 0.125. The maximum atomic E-state index is 12.6. The van der Waals surface area contributed by atoms with Crippen LogP contribution in [0, 0.1) is 6.92 Å². The van der Waals surface area contributed by atoms with E-state index >= 15 is 0 Å². The Kier molecular flexibility index (Phi) is 9.39. The first-order valence-electron chi connectivity index (χ1n) is 12.7. The number of carbonyl (C=O) groups excluding carboxylic acids is 3. The van der Waals surface area contributed by atoms with E-state index in [9.17, 15) is 14.4 Å². The average molecular weight is 536 g/mol. The van der Waals surface area contributed by atoms with E-state index in [0.29, 0.717) is 34.7 Å². The Labute approximate surface area is 232 Å². The number of hydrazone groups is 1. The zero-order valence-corrected chi connectivity index (χ0v) is 22.2. The molecule has 0 bridgehead atoms. The summed E-state index contributed by atoms with van der Waals surface area (Å²) in [7, 11) is 0. The van der Waals surface area contributed by atoms with Crippen molar-refractivity contribution in [3.63, 3.8) is 0 Å². The second-order valence-corrected chi connectivity index (χ2v) is 8.89. The van der Waals surface area contributed by atoms with Gasteiger partial charge in [0.25, 0.3) is 5.91 Å². The maximum absolute atomic E-state index is 12.6. The number of ether oxygens (including phenoxy) is 2. The molecule has 2 amide bonds. The van der Waals surface area contributed by atoms with Gasteiger partial charge in [0, 0.05) is 11.3 Å². The zero-order chi connectivity index (χ0) is 28.3. The topological polar surface area (TPSA) is 106 Å². The third kappa shape index (κ3) is 7.88. The molecule has 8 heteroatoms. The Morgan fingerprint density at radius 1 is 0.825 bits per heavy atom. The summed E-state index contributed by atoms with van der Waals surface area (Å²) in [6.07, 6.45) is 1.73. The highest BCUT2D eigenvalue weighted by molar-refractivity contribution is 5.97. The average Bonchev–Trinajstić information content (AvgIpc) is 2.95. The standard InChI is InChI=1S/C32H29N3O5/c1-3-39-29-19-24(12-17-28(29)40-32(38)26-11-7-8-22(2)18-26)21-33-35-31(37)25-13-15-27(16-14-25)34-30(36)20-23-9-5-4-6-10-23/h4-19,21H,3,20H2,1-2H3,(H,34,36)(H,35,37)/b33-21-. The number of esters is 1. The van der Waals surface area contributed by atoms with Crippen LogP contribution in [0.5, 0.6) is 11.5 Å². The molecule has 4 aromatic carbocycles. The summed E-state index contributed by atoms with van der Waals surface area (Å²) in [6, 6.07) is 28.1. The van der Waals surface area contributed by atoms with Gasteiger partial charge in [0.2, 0.25) is 5.91 Å². The number of anilines is 1. The number of amides is 2. The van der Waals surface area contributed by atoms with E-state index < -0.39 is 11.9 Å². The molecule has 8 nitrogen and oxygen atoms in total. The van der Waals surface area contributed by atoms with Gasteiger partial charge in [-0.3, -0.25) is 9.59 Å². The number of rotatable bonds is 10. The Morgan fingerprint density at radius 2 is 1.60 bits per heavy atom. The van der Waals surface area contributed by atoms with Crippen molar-refractivity contribution in [3.05, 3.63) is 125 Å². The molecule has 0 heterocycles. The lowest BCUT2D eigenvalue weighted by Crippen LogP contribution is -2.18. The van der Waals surface area contributed by atoms with Crippen LogP contribution in [0.4, 0.5) is 5.69 Å². The summed E-state index contributed by atoms with van der Waals surface area (Å²) < 4.78 is 11.2. The molecule has 0 spiro atoms. The molecule has 0 unspecified atom stereocenters. The molecular formula is C32H29N3O5.